The Hall–Kier alpha value is -1.04. The van der Waals surface area contributed by atoms with E-state index in [9.17, 15) is 13.2 Å². The molecule has 1 rings (SSSR count). The quantitative estimate of drug-likeness (QED) is 0.825. The Morgan fingerprint density at radius 2 is 1.93 bits per heavy atom. The smallest absolute Gasteiger partial charge is 0.330 e. The van der Waals surface area contributed by atoms with Crippen LogP contribution >= 0.6 is 0 Å². The highest BCUT2D eigenvalue weighted by Gasteiger charge is 2.42. The van der Waals surface area contributed by atoms with E-state index >= 15 is 0 Å². The summed E-state index contributed by atoms with van der Waals surface area (Å²) in [5.74, 6) is -1.62. The Morgan fingerprint density at radius 1 is 1.40 bits per heavy atom. The molecule has 0 fully saturated rings. The zero-order valence-electron chi connectivity index (χ0n) is 8.89. The number of aryl methyl sites for hydroxylation is 2. The summed E-state index contributed by atoms with van der Waals surface area (Å²) < 4.78 is 39.4. The molecule has 15 heavy (non-hydrogen) atoms. The minimum absolute atomic E-state index is 0.201. The number of nitrogens with two attached hydrogens (primary N) is 1. The Bertz CT molecular complexity index is 354. The first-order valence-electron chi connectivity index (χ1n) is 4.56. The highest BCUT2D eigenvalue weighted by molar-refractivity contribution is 5.30. The van der Waals surface area contributed by atoms with E-state index in [-0.39, 0.29) is 5.56 Å². The fraction of sp³-hybridized carbons (Fsp3) is 0.667. The van der Waals surface area contributed by atoms with Gasteiger partial charge in [0.25, 0.3) is 0 Å². The third kappa shape index (κ3) is 2.14. The van der Waals surface area contributed by atoms with E-state index in [1.54, 1.807) is 20.9 Å². The second kappa shape index (κ2) is 3.84. The van der Waals surface area contributed by atoms with Crippen molar-refractivity contribution < 1.29 is 13.2 Å². The Labute approximate surface area is 86.1 Å². The molecular formula is C9H14F3N3. The predicted molar refractivity (Wildman–Crippen MR) is 50.5 cm³/mol. The van der Waals surface area contributed by atoms with Crippen LogP contribution in [0.3, 0.4) is 0 Å². The van der Waals surface area contributed by atoms with Crippen molar-refractivity contribution in [1.82, 2.24) is 9.78 Å². The molecular weight excluding hydrogens is 207 g/mol. The van der Waals surface area contributed by atoms with Gasteiger partial charge in [0, 0.05) is 24.8 Å². The molecule has 1 aromatic heterocycles. The fourth-order valence-corrected chi connectivity index (χ4v) is 1.71. The Kier molecular flexibility index (Phi) is 3.08. The van der Waals surface area contributed by atoms with Crippen LogP contribution in [0.5, 0.6) is 0 Å². The lowest BCUT2D eigenvalue weighted by Gasteiger charge is -2.19. The van der Waals surface area contributed by atoms with Crippen LogP contribution in [0.1, 0.15) is 22.9 Å². The zero-order valence-corrected chi connectivity index (χ0v) is 8.89. The molecule has 1 atom stereocenters. The van der Waals surface area contributed by atoms with Crippen molar-refractivity contribution in [1.29, 1.82) is 0 Å². The van der Waals surface area contributed by atoms with E-state index in [0.29, 0.717) is 11.4 Å². The summed E-state index contributed by atoms with van der Waals surface area (Å²) in [7, 11) is 1.62. The molecule has 0 radical (unpaired) electrons. The highest BCUT2D eigenvalue weighted by Crippen LogP contribution is 2.36. The highest BCUT2D eigenvalue weighted by atomic mass is 19.4. The lowest BCUT2D eigenvalue weighted by Crippen LogP contribution is -2.29. The summed E-state index contributed by atoms with van der Waals surface area (Å²) in [4.78, 5) is 0. The zero-order chi connectivity index (χ0) is 11.8. The van der Waals surface area contributed by atoms with Gasteiger partial charge in [-0.3, -0.25) is 4.68 Å². The SMILES string of the molecule is Cc1nn(C)c(C)c1C(CN)C(F)(F)F. The van der Waals surface area contributed by atoms with Crippen LogP contribution in [0.25, 0.3) is 0 Å². The molecule has 0 saturated carbocycles. The number of nitrogens with zero attached hydrogens (tertiary/aromatic N) is 2. The van der Waals surface area contributed by atoms with Gasteiger partial charge in [-0.15, -0.1) is 0 Å². The topological polar surface area (TPSA) is 43.8 Å². The second-order valence-electron chi connectivity index (χ2n) is 3.54. The lowest BCUT2D eigenvalue weighted by atomic mass is 9.97. The summed E-state index contributed by atoms with van der Waals surface area (Å²) in [5.41, 5.74) is 6.29. The van der Waals surface area contributed by atoms with Gasteiger partial charge in [-0.1, -0.05) is 0 Å². The van der Waals surface area contributed by atoms with Crippen molar-refractivity contribution in [2.24, 2.45) is 12.8 Å². The molecule has 0 bridgehead atoms. The summed E-state index contributed by atoms with van der Waals surface area (Å²) >= 11 is 0. The van der Waals surface area contributed by atoms with Crippen molar-refractivity contribution >= 4 is 0 Å². The first kappa shape index (κ1) is 12.0. The maximum absolute atomic E-state index is 12.7. The van der Waals surface area contributed by atoms with Gasteiger partial charge >= 0.3 is 6.18 Å². The van der Waals surface area contributed by atoms with Crippen molar-refractivity contribution in [3.8, 4) is 0 Å². The van der Waals surface area contributed by atoms with Crippen LogP contribution in [0.4, 0.5) is 13.2 Å². The largest absolute Gasteiger partial charge is 0.397 e. The molecule has 0 aliphatic rings. The molecule has 0 aliphatic carbocycles. The van der Waals surface area contributed by atoms with E-state index < -0.39 is 18.6 Å². The average molecular weight is 221 g/mol. The average Bonchev–Trinajstić information content (AvgIpc) is 2.30. The standard InChI is InChI=1S/C9H14F3N3/c1-5-8(6(2)15(3)14-5)7(4-13)9(10,11)12/h7H,4,13H2,1-3H3. The van der Waals surface area contributed by atoms with E-state index in [1.165, 1.54) is 4.68 Å². The first-order valence-corrected chi connectivity index (χ1v) is 4.56. The van der Waals surface area contributed by atoms with Gasteiger partial charge in [0.1, 0.15) is 0 Å². The van der Waals surface area contributed by atoms with Gasteiger partial charge in [0.15, 0.2) is 0 Å². The van der Waals surface area contributed by atoms with Gasteiger partial charge in [0.2, 0.25) is 0 Å². The molecule has 3 nitrogen and oxygen atoms in total. The molecule has 0 aliphatic heterocycles. The van der Waals surface area contributed by atoms with Crippen LogP contribution in [0.15, 0.2) is 0 Å². The Morgan fingerprint density at radius 3 is 2.20 bits per heavy atom. The number of halogens is 3. The van der Waals surface area contributed by atoms with E-state index in [4.69, 9.17) is 5.73 Å². The summed E-state index contributed by atoms with van der Waals surface area (Å²) in [6.45, 7) is 2.73. The van der Waals surface area contributed by atoms with Crippen molar-refractivity contribution in [2.45, 2.75) is 25.9 Å². The maximum atomic E-state index is 12.7. The van der Waals surface area contributed by atoms with E-state index in [2.05, 4.69) is 5.10 Å². The molecule has 0 aromatic carbocycles. The second-order valence-corrected chi connectivity index (χ2v) is 3.54. The van der Waals surface area contributed by atoms with Gasteiger partial charge in [0.05, 0.1) is 11.6 Å². The number of rotatable bonds is 2. The minimum Gasteiger partial charge on any atom is -0.330 e. The van der Waals surface area contributed by atoms with Gasteiger partial charge in [-0.2, -0.15) is 18.3 Å². The molecule has 0 amide bonds. The van der Waals surface area contributed by atoms with Crippen molar-refractivity contribution in [3.63, 3.8) is 0 Å². The van der Waals surface area contributed by atoms with E-state index in [1.807, 2.05) is 0 Å². The summed E-state index contributed by atoms with van der Waals surface area (Å²) in [6.07, 6.45) is -4.31. The van der Waals surface area contributed by atoms with Crippen molar-refractivity contribution in [2.75, 3.05) is 6.54 Å². The monoisotopic (exact) mass is 221 g/mol. The van der Waals surface area contributed by atoms with Crippen LogP contribution in [0.2, 0.25) is 0 Å². The fourth-order valence-electron chi connectivity index (χ4n) is 1.71. The summed E-state index contributed by atoms with van der Waals surface area (Å²) in [5, 5.41) is 3.95. The lowest BCUT2D eigenvalue weighted by molar-refractivity contribution is -0.148. The third-order valence-corrected chi connectivity index (χ3v) is 2.54. The molecule has 1 heterocycles. The Balaban J connectivity index is 3.24. The van der Waals surface area contributed by atoms with Crippen LogP contribution in [-0.2, 0) is 7.05 Å². The number of hydrogen-bond acceptors (Lipinski definition) is 2. The molecule has 0 spiro atoms. The first-order chi connectivity index (χ1) is 6.79. The third-order valence-electron chi connectivity index (χ3n) is 2.54. The number of aromatic nitrogens is 2. The van der Waals surface area contributed by atoms with Gasteiger partial charge in [-0.05, 0) is 13.8 Å². The molecule has 86 valence electrons. The van der Waals surface area contributed by atoms with Crippen LogP contribution < -0.4 is 5.73 Å². The van der Waals surface area contributed by atoms with E-state index in [0.717, 1.165) is 0 Å². The van der Waals surface area contributed by atoms with Gasteiger partial charge < -0.3 is 5.73 Å². The number of alkyl halides is 3. The molecule has 6 heteroatoms. The van der Waals surface area contributed by atoms with Crippen molar-refractivity contribution in [3.05, 3.63) is 17.0 Å². The molecule has 0 saturated heterocycles. The number of hydrogen-bond donors (Lipinski definition) is 1. The van der Waals surface area contributed by atoms with Crippen LogP contribution in [-0.4, -0.2) is 22.5 Å². The van der Waals surface area contributed by atoms with Gasteiger partial charge in [-0.25, -0.2) is 0 Å². The maximum Gasteiger partial charge on any atom is 0.397 e. The molecule has 1 aromatic rings. The minimum atomic E-state index is -4.31. The molecule has 1 unspecified atom stereocenters. The molecule has 2 N–H and O–H groups in total. The summed E-state index contributed by atoms with van der Waals surface area (Å²) in [6, 6.07) is 0. The van der Waals surface area contributed by atoms with Crippen LogP contribution in [0, 0.1) is 13.8 Å². The predicted octanol–water partition coefficient (Wildman–Crippen LogP) is 1.64. The normalized spacial score (nSPS) is 14.3.